The summed E-state index contributed by atoms with van der Waals surface area (Å²) in [4.78, 5) is 32.6. The molecule has 1 fully saturated rings. The highest BCUT2D eigenvalue weighted by Crippen LogP contribution is 2.21. The molecule has 2 aromatic heterocycles. The number of carbonyl (C=O) groups is 2. The van der Waals surface area contributed by atoms with Crippen molar-refractivity contribution in [3.05, 3.63) is 54.4 Å². The molecule has 9 heteroatoms. The number of aromatic nitrogens is 2. The fraction of sp³-hybridized carbons (Fsp3) is 0.348. The van der Waals surface area contributed by atoms with Crippen LogP contribution in [0.3, 0.4) is 0 Å². The molecule has 0 spiro atoms. The number of anilines is 2. The van der Waals surface area contributed by atoms with Crippen LogP contribution in [0.25, 0.3) is 10.9 Å². The van der Waals surface area contributed by atoms with E-state index in [0.717, 1.165) is 35.4 Å². The highest BCUT2D eigenvalue weighted by molar-refractivity contribution is 5.93. The Hall–Kier alpha value is -3.59. The number of nitrogens with zero attached hydrogens (tertiary/aromatic N) is 4. The van der Waals surface area contributed by atoms with Crippen molar-refractivity contribution in [2.45, 2.75) is 13.1 Å². The molecule has 1 saturated heterocycles. The summed E-state index contributed by atoms with van der Waals surface area (Å²) in [5.41, 5.74) is 2.61. The second-order valence-corrected chi connectivity index (χ2v) is 7.93. The maximum Gasteiger partial charge on any atom is 0.319 e. The quantitative estimate of drug-likeness (QED) is 0.619. The topological polar surface area (TPSA) is 91.7 Å². The molecule has 3 amide bonds. The molecule has 0 unspecified atom stereocenters. The van der Waals surface area contributed by atoms with Gasteiger partial charge in [-0.15, -0.1) is 0 Å². The number of fused-ring (bicyclic) bond motifs is 1. The van der Waals surface area contributed by atoms with Gasteiger partial charge in [-0.2, -0.15) is 0 Å². The number of nitrogens with one attached hydrogen (secondary N) is 2. The lowest BCUT2D eigenvalue weighted by Gasteiger charge is -2.28. The highest BCUT2D eigenvalue weighted by atomic mass is 16.5. The first kappa shape index (κ1) is 21.6. The summed E-state index contributed by atoms with van der Waals surface area (Å²) in [7, 11) is 3.48. The Morgan fingerprint density at radius 1 is 1.12 bits per heavy atom. The smallest absolute Gasteiger partial charge is 0.319 e. The summed E-state index contributed by atoms with van der Waals surface area (Å²) >= 11 is 0. The maximum absolute atomic E-state index is 12.4. The Bertz CT molecular complexity index is 1100. The number of morpholine rings is 1. The van der Waals surface area contributed by atoms with E-state index in [9.17, 15) is 9.59 Å². The Morgan fingerprint density at radius 3 is 2.72 bits per heavy atom. The molecule has 9 nitrogen and oxygen atoms in total. The van der Waals surface area contributed by atoms with Crippen LogP contribution in [0.2, 0.25) is 0 Å². The van der Waals surface area contributed by atoms with Crippen molar-refractivity contribution in [2.24, 2.45) is 0 Å². The highest BCUT2D eigenvalue weighted by Gasteiger charge is 2.13. The molecule has 0 radical (unpaired) electrons. The van der Waals surface area contributed by atoms with E-state index in [1.54, 1.807) is 25.2 Å². The summed E-state index contributed by atoms with van der Waals surface area (Å²) in [5, 5.41) is 6.72. The van der Waals surface area contributed by atoms with Crippen molar-refractivity contribution in [3.8, 4) is 0 Å². The first-order valence-electron chi connectivity index (χ1n) is 10.6. The number of ether oxygens (including phenoxy) is 1. The largest absolute Gasteiger partial charge is 0.378 e. The predicted molar refractivity (Wildman–Crippen MR) is 124 cm³/mol. The number of carbonyl (C=O) groups excluding carboxylic acids is 2. The van der Waals surface area contributed by atoms with E-state index in [1.165, 1.54) is 0 Å². The molecule has 2 N–H and O–H groups in total. The predicted octanol–water partition coefficient (Wildman–Crippen LogP) is 2.28. The van der Waals surface area contributed by atoms with Crippen LogP contribution < -0.4 is 15.5 Å². The number of hydrogen-bond donors (Lipinski definition) is 2. The Kier molecular flexibility index (Phi) is 6.55. The van der Waals surface area contributed by atoms with E-state index in [-0.39, 0.29) is 18.5 Å². The molecule has 1 aliphatic rings. The standard InChI is InChI=1S/C23H28N6O3/c1-27(2)22(30)16-29-8-6-18-14-19(3-4-20(18)29)26-23(31)25-15-17-5-7-24-21(13-17)28-9-11-32-12-10-28/h3-8,13-14H,9-12,15-16H2,1-2H3,(H2,25,26,31). The molecule has 0 atom stereocenters. The van der Waals surface area contributed by atoms with Gasteiger partial charge in [0.25, 0.3) is 0 Å². The van der Waals surface area contributed by atoms with Gasteiger partial charge in [0.05, 0.1) is 13.2 Å². The van der Waals surface area contributed by atoms with Crippen molar-refractivity contribution in [2.75, 3.05) is 50.6 Å². The van der Waals surface area contributed by atoms with Gasteiger partial charge in [-0.1, -0.05) is 0 Å². The van der Waals surface area contributed by atoms with Crippen molar-refractivity contribution in [3.63, 3.8) is 0 Å². The fourth-order valence-corrected chi connectivity index (χ4v) is 3.60. The van der Waals surface area contributed by atoms with Crippen LogP contribution in [0, 0.1) is 0 Å². The van der Waals surface area contributed by atoms with Crippen LogP contribution in [-0.2, 0) is 22.6 Å². The lowest BCUT2D eigenvalue weighted by molar-refractivity contribution is -0.129. The number of hydrogen-bond acceptors (Lipinski definition) is 5. The average Bonchev–Trinajstić information content (AvgIpc) is 3.20. The van der Waals surface area contributed by atoms with Crippen LogP contribution in [-0.4, -0.2) is 66.8 Å². The van der Waals surface area contributed by atoms with Crippen molar-refractivity contribution < 1.29 is 14.3 Å². The lowest BCUT2D eigenvalue weighted by Crippen LogP contribution is -2.36. The van der Waals surface area contributed by atoms with Gasteiger partial charge in [0.2, 0.25) is 5.91 Å². The first-order valence-corrected chi connectivity index (χ1v) is 10.6. The average molecular weight is 437 g/mol. The lowest BCUT2D eigenvalue weighted by atomic mass is 10.2. The SMILES string of the molecule is CN(C)C(=O)Cn1ccc2cc(NC(=O)NCc3ccnc(N4CCOCC4)c3)ccc21. The molecule has 1 aromatic carbocycles. The van der Waals surface area contributed by atoms with Gasteiger partial charge in [0.15, 0.2) is 0 Å². The number of likely N-dealkylation sites (N-methyl/N-ethyl adjacent to an activating group) is 1. The normalized spacial score (nSPS) is 13.8. The third-order valence-electron chi connectivity index (χ3n) is 5.43. The van der Waals surface area contributed by atoms with Crippen molar-refractivity contribution in [1.82, 2.24) is 19.8 Å². The first-order chi connectivity index (χ1) is 15.5. The van der Waals surface area contributed by atoms with Gasteiger partial charge < -0.3 is 29.7 Å². The number of amides is 3. The second kappa shape index (κ2) is 9.69. The van der Waals surface area contributed by atoms with E-state index < -0.39 is 0 Å². The summed E-state index contributed by atoms with van der Waals surface area (Å²) in [6, 6.07) is 11.2. The molecule has 168 valence electrons. The second-order valence-electron chi connectivity index (χ2n) is 7.93. The summed E-state index contributed by atoms with van der Waals surface area (Å²) in [6.07, 6.45) is 3.64. The molecule has 1 aliphatic heterocycles. The third-order valence-corrected chi connectivity index (χ3v) is 5.43. The molecule has 3 heterocycles. The molecule has 0 aliphatic carbocycles. The van der Waals surface area contributed by atoms with E-state index in [1.807, 2.05) is 47.2 Å². The summed E-state index contributed by atoms with van der Waals surface area (Å²) < 4.78 is 7.29. The minimum atomic E-state index is -0.281. The van der Waals surface area contributed by atoms with Crippen LogP contribution in [0.5, 0.6) is 0 Å². The van der Waals surface area contributed by atoms with E-state index in [4.69, 9.17) is 4.74 Å². The van der Waals surface area contributed by atoms with E-state index in [2.05, 4.69) is 20.5 Å². The summed E-state index contributed by atoms with van der Waals surface area (Å²) in [5.74, 6) is 0.924. The number of rotatable bonds is 6. The monoisotopic (exact) mass is 436 g/mol. The van der Waals surface area contributed by atoms with Gasteiger partial charge in [0, 0.05) is 62.7 Å². The number of urea groups is 1. The Labute approximate surface area is 187 Å². The van der Waals surface area contributed by atoms with Crippen LogP contribution in [0.1, 0.15) is 5.56 Å². The molecule has 32 heavy (non-hydrogen) atoms. The van der Waals surface area contributed by atoms with Crippen molar-refractivity contribution in [1.29, 1.82) is 0 Å². The third kappa shape index (κ3) is 5.17. The molecule has 4 rings (SSSR count). The molecular formula is C23H28N6O3. The van der Waals surface area contributed by atoms with E-state index >= 15 is 0 Å². The van der Waals surface area contributed by atoms with Crippen LogP contribution in [0.4, 0.5) is 16.3 Å². The Morgan fingerprint density at radius 2 is 1.94 bits per heavy atom. The van der Waals surface area contributed by atoms with Crippen LogP contribution in [0.15, 0.2) is 48.8 Å². The van der Waals surface area contributed by atoms with Gasteiger partial charge in [0.1, 0.15) is 12.4 Å². The van der Waals surface area contributed by atoms with E-state index in [0.29, 0.717) is 25.4 Å². The maximum atomic E-state index is 12.4. The summed E-state index contributed by atoms with van der Waals surface area (Å²) in [6.45, 7) is 3.72. The minimum Gasteiger partial charge on any atom is -0.378 e. The van der Waals surface area contributed by atoms with Gasteiger partial charge in [-0.05, 0) is 42.0 Å². The van der Waals surface area contributed by atoms with Gasteiger partial charge in [-0.25, -0.2) is 9.78 Å². The van der Waals surface area contributed by atoms with Crippen LogP contribution >= 0.6 is 0 Å². The number of benzene rings is 1. The molecular weight excluding hydrogens is 408 g/mol. The minimum absolute atomic E-state index is 0.0250. The van der Waals surface area contributed by atoms with Gasteiger partial charge in [-0.3, -0.25) is 4.79 Å². The zero-order chi connectivity index (χ0) is 22.5. The molecule has 3 aromatic rings. The Balaban J connectivity index is 1.34. The zero-order valence-electron chi connectivity index (χ0n) is 18.4. The van der Waals surface area contributed by atoms with Gasteiger partial charge >= 0.3 is 6.03 Å². The zero-order valence-corrected chi connectivity index (χ0v) is 18.4. The van der Waals surface area contributed by atoms with Crippen molar-refractivity contribution >= 4 is 34.3 Å². The molecule has 0 saturated carbocycles. The number of pyridine rings is 1. The fourth-order valence-electron chi connectivity index (χ4n) is 3.60. The molecule has 0 bridgehead atoms.